The average molecular weight is 305 g/mol. The Labute approximate surface area is 128 Å². The van der Waals surface area contributed by atoms with Gasteiger partial charge in [-0.2, -0.15) is 23.0 Å². The van der Waals surface area contributed by atoms with Crippen LogP contribution in [0.15, 0.2) is 29.4 Å². The molecule has 1 atom stereocenters. The molecule has 0 spiro atoms. The van der Waals surface area contributed by atoms with Gasteiger partial charge >= 0.3 is 5.97 Å². The number of amides is 1. The van der Waals surface area contributed by atoms with Gasteiger partial charge in [-0.05, 0) is 17.7 Å². The lowest BCUT2D eigenvalue weighted by Crippen LogP contribution is -2.35. The number of aliphatic carboxylic acids is 1. The van der Waals surface area contributed by atoms with Crippen LogP contribution in [0, 0.1) is 17.2 Å². The molecule has 0 aliphatic carbocycles. The molecule has 7 heteroatoms. The van der Waals surface area contributed by atoms with Crippen molar-refractivity contribution in [2.75, 3.05) is 12.3 Å². The normalized spacial score (nSPS) is 11.9. The van der Waals surface area contributed by atoms with Gasteiger partial charge in [-0.15, -0.1) is 0 Å². The Kier molecular flexibility index (Phi) is 6.43. The van der Waals surface area contributed by atoms with Crippen molar-refractivity contribution >= 4 is 30.7 Å². The SMILES string of the molecule is C[C@H](CS)C(=O)N(CC(=O)O)/N=C/c1ccc(C#N)cc1. The van der Waals surface area contributed by atoms with Crippen LogP contribution in [-0.2, 0) is 9.59 Å². The molecule has 0 fully saturated rings. The quantitative estimate of drug-likeness (QED) is 0.471. The second-order valence-electron chi connectivity index (χ2n) is 4.35. The number of benzene rings is 1. The number of nitriles is 1. The number of carboxylic acid groups (broad SMARTS) is 1. The maximum absolute atomic E-state index is 12.0. The Morgan fingerprint density at radius 3 is 2.57 bits per heavy atom. The lowest BCUT2D eigenvalue weighted by molar-refractivity contribution is -0.145. The van der Waals surface area contributed by atoms with Crippen LogP contribution in [0.2, 0.25) is 0 Å². The predicted molar refractivity (Wildman–Crippen MR) is 81.1 cm³/mol. The third-order valence-corrected chi connectivity index (χ3v) is 3.17. The molecular formula is C14H15N3O3S. The summed E-state index contributed by atoms with van der Waals surface area (Å²) in [6, 6.07) is 8.54. The van der Waals surface area contributed by atoms with Crippen LogP contribution in [0.4, 0.5) is 0 Å². The third-order valence-electron chi connectivity index (χ3n) is 2.62. The number of hydrogen-bond acceptors (Lipinski definition) is 5. The number of hydrazone groups is 1. The third kappa shape index (κ3) is 5.28. The molecule has 0 saturated carbocycles. The number of carbonyl (C=O) groups excluding carboxylic acids is 1. The summed E-state index contributed by atoms with van der Waals surface area (Å²) in [4.78, 5) is 22.8. The summed E-state index contributed by atoms with van der Waals surface area (Å²) in [6.07, 6.45) is 1.38. The van der Waals surface area contributed by atoms with Crippen LogP contribution in [0.3, 0.4) is 0 Å². The number of hydrogen-bond donors (Lipinski definition) is 2. The molecular weight excluding hydrogens is 290 g/mol. The highest BCUT2D eigenvalue weighted by Gasteiger charge is 2.20. The molecule has 0 radical (unpaired) electrons. The van der Waals surface area contributed by atoms with E-state index in [0.717, 1.165) is 5.01 Å². The summed E-state index contributed by atoms with van der Waals surface area (Å²) in [6.45, 7) is 1.14. The standard InChI is InChI=1S/C14H15N3O3S/c1-10(9-21)14(20)17(8-13(18)19)16-7-12-4-2-11(6-15)3-5-12/h2-5,7,10,21H,8-9H2,1H3,(H,18,19)/b16-7+/t10-/m1/s1. The van der Waals surface area contributed by atoms with E-state index in [4.69, 9.17) is 10.4 Å². The first-order chi connectivity index (χ1) is 9.97. The van der Waals surface area contributed by atoms with Crippen molar-refractivity contribution in [1.82, 2.24) is 5.01 Å². The first-order valence-electron chi connectivity index (χ1n) is 6.16. The Morgan fingerprint density at radius 2 is 2.10 bits per heavy atom. The number of thiol groups is 1. The van der Waals surface area contributed by atoms with Crippen LogP contribution in [0.25, 0.3) is 0 Å². The summed E-state index contributed by atoms with van der Waals surface area (Å²) in [5.41, 5.74) is 1.17. The van der Waals surface area contributed by atoms with Gasteiger partial charge in [0, 0.05) is 11.7 Å². The van der Waals surface area contributed by atoms with E-state index in [2.05, 4.69) is 17.7 Å². The minimum atomic E-state index is -1.15. The summed E-state index contributed by atoms with van der Waals surface area (Å²) >= 11 is 4.02. The van der Waals surface area contributed by atoms with Crippen LogP contribution in [0.1, 0.15) is 18.1 Å². The average Bonchev–Trinajstić information content (AvgIpc) is 2.50. The number of nitrogens with zero attached hydrogens (tertiary/aromatic N) is 3. The molecule has 1 rings (SSSR count). The zero-order valence-corrected chi connectivity index (χ0v) is 12.3. The topological polar surface area (TPSA) is 93.8 Å². The Hall–Kier alpha value is -2.33. The first-order valence-corrected chi connectivity index (χ1v) is 6.79. The minimum absolute atomic E-state index is 0.307. The van der Waals surface area contributed by atoms with Crippen molar-refractivity contribution in [2.45, 2.75) is 6.92 Å². The number of carboxylic acids is 1. The van der Waals surface area contributed by atoms with Crippen molar-refractivity contribution in [2.24, 2.45) is 11.0 Å². The lowest BCUT2D eigenvalue weighted by Gasteiger charge is -2.18. The second kappa shape index (κ2) is 8.07. The van der Waals surface area contributed by atoms with Gasteiger partial charge in [-0.25, -0.2) is 5.01 Å². The smallest absolute Gasteiger partial charge is 0.325 e. The zero-order valence-electron chi connectivity index (χ0n) is 11.4. The van der Waals surface area contributed by atoms with Crippen LogP contribution in [0.5, 0.6) is 0 Å². The molecule has 1 N–H and O–H groups in total. The van der Waals surface area contributed by atoms with E-state index in [0.29, 0.717) is 16.9 Å². The van der Waals surface area contributed by atoms with E-state index in [1.54, 1.807) is 31.2 Å². The molecule has 0 aliphatic heterocycles. The minimum Gasteiger partial charge on any atom is -0.480 e. The molecule has 1 amide bonds. The maximum Gasteiger partial charge on any atom is 0.325 e. The molecule has 0 aromatic heterocycles. The van der Waals surface area contributed by atoms with Crippen LogP contribution >= 0.6 is 12.6 Å². The molecule has 110 valence electrons. The van der Waals surface area contributed by atoms with E-state index >= 15 is 0 Å². The van der Waals surface area contributed by atoms with E-state index in [9.17, 15) is 9.59 Å². The second-order valence-corrected chi connectivity index (χ2v) is 4.72. The molecule has 0 aliphatic rings. The summed E-state index contributed by atoms with van der Waals surface area (Å²) in [5, 5.41) is 22.4. The van der Waals surface area contributed by atoms with Gasteiger partial charge < -0.3 is 5.11 Å². The van der Waals surface area contributed by atoms with Gasteiger partial charge in [0.05, 0.1) is 17.8 Å². The Morgan fingerprint density at radius 1 is 1.48 bits per heavy atom. The highest BCUT2D eigenvalue weighted by atomic mass is 32.1. The molecule has 1 aromatic rings. The molecule has 6 nitrogen and oxygen atoms in total. The predicted octanol–water partition coefficient (Wildman–Crippen LogP) is 1.37. The fraction of sp³-hybridized carbons (Fsp3) is 0.286. The zero-order chi connectivity index (χ0) is 15.8. The van der Waals surface area contributed by atoms with E-state index < -0.39 is 24.3 Å². The van der Waals surface area contributed by atoms with Crippen molar-refractivity contribution in [3.63, 3.8) is 0 Å². The molecule has 21 heavy (non-hydrogen) atoms. The van der Waals surface area contributed by atoms with Gasteiger partial charge in [0.25, 0.3) is 0 Å². The van der Waals surface area contributed by atoms with E-state index in [1.807, 2.05) is 6.07 Å². The fourth-order valence-electron chi connectivity index (χ4n) is 1.42. The summed E-state index contributed by atoms with van der Waals surface area (Å²) in [7, 11) is 0. The van der Waals surface area contributed by atoms with Crippen molar-refractivity contribution in [3.8, 4) is 6.07 Å². The number of rotatable bonds is 6. The maximum atomic E-state index is 12.0. The van der Waals surface area contributed by atoms with Crippen molar-refractivity contribution in [1.29, 1.82) is 5.26 Å². The number of carbonyl (C=O) groups is 2. The monoisotopic (exact) mass is 305 g/mol. The van der Waals surface area contributed by atoms with Gasteiger partial charge in [-0.3, -0.25) is 9.59 Å². The lowest BCUT2D eigenvalue weighted by atomic mass is 10.2. The summed E-state index contributed by atoms with van der Waals surface area (Å²) in [5.74, 6) is -1.67. The summed E-state index contributed by atoms with van der Waals surface area (Å²) < 4.78 is 0. The van der Waals surface area contributed by atoms with E-state index in [1.165, 1.54) is 6.21 Å². The van der Waals surface area contributed by atoms with Crippen molar-refractivity contribution < 1.29 is 14.7 Å². The van der Waals surface area contributed by atoms with Crippen LogP contribution < -0.4 is 0 Å². The largest absolute Gasteiger partial charge is 0.480 e. The Balaban J connectivity index is 2.88. The fourth-order valence-corrected chi connectivity index (χ4v) is 1.57. The molecule has 1 aromatic carbocycles. The molecule has 0 saturated heterocycles. The van der Waals surface area contributed by atoms with Gasteiger partial charge in [0.1, 0.15) is 6.54 Å². The van der Waals surface area contributed by atoms with Crippen molar-refractivity contribution in [3.05, 3.63) is 35.4 Å². The van der Waals surface area contributed by atoms with Gasteiger partial charge in [0.2, 0.25) is 5.91 Å². The molecule has 0 unspecified atom stereocenters. The highest BCUT2D eigenvalue weighted by Crippen LogP contribution is 2.06. The highest BCUT2D eigenvalue weighted by molar-refractivity contribution is 7.80. The van der Waals surface area contributed by atoms with Crippen LogP contribution in [-0.4, -0.2) is 40.5 Å². The molecule has 0 bridgehead atoms. The van der Waals surface area contributed by atoms with Gasteiger partial charge in [-0.1, -0.05) is 19.1 Å². The molecule has 0 heterocycles. The van der Waals surface area contributed by atoms with Gasteiger partial charge in [0.15, 0.2) is 0 Å². The van der Waals surface area contributed by atoms with E-state index in [-0.39, 0.29) is 0 Å². The Bertz CT molecular complexity index is 578. The first kappa shape index (κ1) is 16.7.